The molecule has 5 heteroatoms. The molecule has 2 unspecified atom stereocenters. The minimum Gasteiger partial charge on any atom is -0.481 e. The van der Waals surface area contributed by atoms with E-state index in [1.165, 1.54) is 0 Å². The summed E-state index contributed by atoms with van der Waals surface area (Å²) < 4.78 is 4.97. The maximum atomic E-state index is 12.1. The molecule has 0 amide bonds. The van der Waals surface area contributed by atoms with E-state index < -0.39 is 11.4 Å². The molecule has 0 aliphatic rings. The van der Waals surface area contributed by atoms with Crippen molar-refractivity contribution in [3.05, 3.63) is 47.5 Å². The Morgan fingerprint density at radius 3 is 2.24 bits per heavy atom. The number of carboxylic acids is 1. The Morgan fingerprint density at radius 1 is 1.14 bits per heavy atom. The van der Waals surface area contributed by atoms with E-state index in [0.717, 1.165) is 42.5 Å². The molecular weight excluding hydrogens is 366 g/mol. The van der Waals surface area contributed by atoms with Gasteiger partial charge in [0.2, 0.25) is 6.58 Å². The second kappa shape index (κ2) is 11.1. The van der Waals surface area contributed by atoms with Gasteiger partial charge in [-0.2, -0.15) is 0 Å². The number of hydrogen-bond acceptors (Lipinski definition) is 3. The number of ether oxygens (including phenoxy) is 1. The van der Waals surface area contributed by atoms with Crippen LogP contribution < -0.4 is 5.32 Å². The van der Waals surface area contributed by atoms with Crippen LogP contribution in [-0.4, -0.2) is 37.2 Å². The minimum absolute atomic E-state index is 0.105. The van der Waals surface area contributed by atoms with Gasteiger partial charge in [-0.1, -0.05) is 37.6 Å². The topological polar surface area (TPSA) is 80.2 Å². The van der Waals surface area contributed by atoms with Gasteiger partial charge in [0.1, 0.15) is 0 Å². The Labute approximate surface area is 175 Å². The van der Waals surface area contributed by atoms with Crippen LogP contribution in [0, 0.1) is 12.0 Å². The van der Waals surface area contributed by atoms with E-state index in [2.05, 4.69) is 19.2 Å². The van der Waals surface area contributed by atoms with E-state index in [0.29, 0.717) is 13.0 Å². The SMILES string of the molecule is [CH+]=C(CC)C(C)(CCCC(C)(C(=O)O)c1ccc(CC(=O)OCC)cc1)C[NH2+]C. The Balaban J connectivity index is 2.90. The zero-order valence-corrected chi connectivity index (χ0v) is 18.6. The number of carbonyl (C=O) groups excluding carboxylic acids is 1. The number of nitrogens with two attached hydrogens (primary N) is 1. The summed E-state index contributed by atoms with van der Waals surface area (Å²) in [5.74, 6) is -1.12. The average molecular weight is 404 g/mol. The molecule has 0 aliphatic carbocycles. The fourth-order valence-corrected chi connectivity index (χ4v) is 3.85. The molecule has 0 heterocycles. The number of aliphatic carboxylic acids is 1. The zero-order valence-electron chi connectivity index (χ0n) is 18.6. The second-order valence-corrected chi connectivity index (χ2v) is 8.22. The van der Waals surface area contributed by atoms with Crippen molar-refractivity contribution in [1.82, 2.24) is 0 Å². The largest absolute Gasteiger partial charge is 0.481 e. The van der Waals surface area contributed by atoms with Gasteiger partial charge in [-0.05, 0) is 44.7 Å². The van der Waals surface area contributed by atoms with Crippen LogP contribution in [0.5, 0.6) is 0 Å². The molecule has 0 aromatic heterocycles. The Morgan fingerprint density at radius 2 is 1.76 bits per heavy atom. The van der Waals surface area contributed by atoms with Gasteiger partial charge in [-0.25, -0.2) is 0 Å². The summed E-state index contributed by atoms with van der Waals surface area (Å²) in [5.41, 5.74) is 1.44. The highest BCUT2D eigenvalue weighted by atomic mass is 16.5. The van der Waals surface area contributed by atoms with Crippen molar-refractivity contribution < 1.29 is 24.7 Å². The maximum Gasteiger partial charge on any atom is 0.313 e. The highest BCUT2D eigenvalue weighted by molar-refractivity contribution is 5.81. The molecule has 160 valence electrons. The molecule has 0 saturated carbocycles. The first-order valence-corrected chi connectivity index (χ1v) is 10.5. The molecule has 0 radical (unpaired) electrons. The quantitative estimate of drug-likeness (QED) is 0.391. The third-order valence-corrected chi connectivity index (χ3v) is 5.93. The summed E-state index contributed by atoms with van der Waals surface area (Å²) in [4.78, 5) is 23.8. The zero-order chi connectivity index (χ0) is 22.1. The first kappa shape index (κ1) is 24.8. The van der Waals surface area contributed by atoms with E-state index in [1.807, 2.05) is 31.3 Å². The predicted octanol–water partition coefficient (Wildman–Crippen LogP) is 3.27. The number of esters is 1. The van der Waals surface area contributed by atoms with Crippen molar-refractivity contribution >= 4 is 11.9 Å². The van der Waals surface area contributed by atoms with Crippen LogP contribution in [0.3, 0.4) is 0 Å². The van der Waals surface area contributed by atoms with Gasteiger partial charge >= 0.3 is 11.9 Å². The third kappa shape index (κ3) is 6.66. The molecule has 0 aliphatic heterocycles. The first-order chi connectivity index (χ1) is 13.6. The Bertz CT molecular complexity index is 697. The fourth-order valence-electron chi connectivity index (χ4n) is 3.85. The van der Waals surface area contributed by atoms with Gasteiger partial charge < -0.3 is 15.2 Å². The Hall–Kier alpha value is -2.23. The summed E-state index contributed by atoms with van der Waals surface area (Å²) in [7, 11) is 2.03. The lowest BCUT2D eigenvalue weighted by atomic mass is 9.73. The third-order valence-electron chi connectivity index (χ3n) is 5.93. The highest BCUT2D eigenvalue weighted by Gasteiger charge is 2.38. The molecule has 0 bridgehead atoms. The van der Waals surface area contributed by atoms with E-state index in [4.69, 9.17) is 11.3 Å². The lowest BCUT2D eigenvalue weighted by Crippen LogP contribution is -2.82. The standard InChI is InChI=1S/C24H35NO4/c1-7-18(3)23(4,17-25-6)14-9-15-24(5,22(27)28)20-12-10-19(11-13-20)16-21(26)29-8-2/h3,10-13,25H,7-9,14-17H2,1-2,4-6H3/p+2. The normalized spacial score (nSPS) is 15.2. The number of carbonyl (C=O) groups is 2. The molecule has 3 N–H and O–H groups in total. The van der Waals surface area contributed by atoms with Crippen LogP contribution in [0.25, 0.3) is 0 Å². The van der Waals surface area contributed by atoms with Crippen LogP contribution in [-0.2, 0) is 26.2 Å². The number of benzene rings is 1. The summed E-state index contributed by atoms with van der Waals surface area (Å²) in [5, 5.41) is 12.1. The summed E-state index contributed by atoms with van der Waals surface area (Å²) in [6.45, 7) is 15.3. The monoisotopic (exact) mass is 403 g/mol. The smallest absolute Gasteiger partial charge is 0.313 e. The molecule has 1 aromatic rings. The van der Waals surface area contributed by atoms with E-state index in [1.54, 1.807) is 13.8 Å². The van der Waals surface area contributed by atoms with Crippen LogP contribution in [0.15, 0.2) is 29.8 Å². The number of carboxylic acid groups (broad SMARTS) is 1. The second-order valence-electron chi connectivity index (χ2n) is 8.22. The molecule has 29 heavy (non-hydrogen) atoms. The van der Waals surface area contributed by atoms with Crippen molar-refractivity contribution in [1.29, 1.82) is 0 Å². The van der Waals surface area contributed by atoms with Crippen LogP contribution in [0.4, 0.5) is 0 Å². The average Bonchev–Trinajstić information content (AvgIpc) is 2.67. The van der Waals surface area contributed by atoms with Crippen molar-refractivity contribution in [2.45, 2.75) is 65.2 Å². The van der Waals surface area contributed by atoms with Gasteiger partial charge in [0.15, 0.2) is 5.57 Å². The van der Waals surface area contributed by atoms with Crippen LogP contribution in [0.1, 0.15) is 64.5 Å². The van der Waals surface area contributed by atoms with E-state index >= 15 is 0 Å². The number of rotatable bonds is 13. The summed E-state index contributed by atoms with van der Waals surface area (Å²) in [6.07, 6.45) is 3.15. The lowest BCUT2D eigenvalue weighted by molar-refractivity contribution is -0.637. The molecule has 1 rings (SSSR count). The molecule has 0 fully saturated rings. The highest BCUT2D eigenvalue weighted by Crippen LogP contribution is 2.36. The van der Waals surface area contributed by atoms with Gasteiger partial charge in [0.05, 0.1) is 37.5 Å². The number of hydrogen-bond donors (Lipinski definition) is 2. The summed E-state index contributed by atoms with van der Waals surface area (Å²) >= 11 is 0. The van der Waals surface area contributed by atoms with Crippen LogP contribution >= 0.6 is 0 Å². The molecule has 1 aromatic carbocycles. The fraction of sp³-hybridized carbons (Fsp3) is 0.583. The minimum atomic E-state index is -0.986. The molecule has 5 nitrogen and oxygen atoms in total. The number of quaternary nitrogens is 1. The van der Waals surface area contributed by atoms with Crippen LogP contribution in [0.2, 0.25) is 0 Å². The first-order valence-electron chi connectivity index (χ1n) is 10.5. The van der Waals surface area contributed by atoms with Gasteiger partial charge in [-0.3, -0.25) is 9.59 Å². The predicted molar refractivity (Wildman–Crippen MR) is 115 cm³/mol. The van der Waals surface area contributed by atoms with Gasteiger partial charge in [0.25, 0.3) is 0 Å². The van der Waals surface area contributed by atoms with Crippen molar-refractivity contribution in [2.24, 2.45) is 5.41 Å². The molecule has 2 atom stereocenters. The van der Waals surface area contributed by atoms with Gasteiger partial charge in [-0.15, -0.1) is 0 Å². The summed E-state index contributed by atoms with van der Waals surface area (Å²) in [6, 6.07) is 7.25. The van der Waals surface area contributed by atoms with Crippen molar-refractivity contribution in [3.8, 4) is 0 Å². The van der Waals surface area contributed by atoms with Crippen molar-refractivity contribution in [3.63, 3.8) is 0 Å². The molecular formula is C24H37NO4+2. The van der Waals surface area contributed by atoms with Crippen molar-refractivity contribution in [2.75, 3.05) is 20.2 Å². The molecule has 0 saturated heterocycles. The Kier molecular flexibility index (Phi) is 9.48. The van der Waals surface area contributed by atoms with E-state index in [9.17, 15) is 14.7 Å². The maximum absolute atomic E-state index is 12.1. The van der Waals surface area contributed by atoms with Gasteiger partial charge in [0, 0.05) is 6.42 Å². The molecule has 0 spiro atoms. The lowest BCUT2D eigenvalue weighted by Gasteiger charge is -2.29. The van der Waals surface area contributed by atoms with E-state index in [-0.39, 0.29) is 17.8 Å².